The second-order valence-corrected chi connectivity index (χ2v) is 7.77. The standard InChI is InChI=1S/C19H31N3O12/c1-7(16(28)22-10(18(30)31)4-5-12(25)26)20-17(29)8(2)33-15-13(21-9(3)24)19(32)34-11(6-23)14(15)27/h7-8,10-11,13-15,19,23,27,32H,4-6H2,1-3H3,(H,20,29)(H,21,24)(H,22,28)(H,25,26)(H,30,31)/t7-,8?,10+,11+,13+,14+,15+,19?/m0/s1. The molecule has 0 spiro atoms. The molecule has 0 saturated carbocycles. The van der Waals surface area contributed by atoms with E-state index >= 15 is 0 Å². The second-order valence-electron chi connectivity index (χ2n) is 7.77. The number of aliphatic hydroxyl groups is 3. The maximum Gasteiger partial charge on any atom is 0.326 e. The van der Waals surface area contributed by atoms with Crippen LogP contribution in [0.15, 0.2) is 0 Å². The minimum Gasteiger partial charge on any atom is -0.481 e. The minimum absolute atomic E-state index is 0.364. The van der Waals surface area contributed by atoms with E-state index in [1.165, 1.54) is 13.8 Å². The van der Waals surface area contributed by atoms with Gasteiger partial charge in [-0.2, -0.15) is 0 Å². The van der Waals surface area contributed by atoms with Crippen molar-refractivity contribution in [3.8, 4) is 0 Å². The summed E-state index contributed by atoms with van der Waals surface area (Å²) in [5.41, 5.74) is 0. The Bertz CT molecular complexity index is 763. The molecular weight excluding hydrogens is 462 g/mol. The zero-order chi connectivity index (χ0) is 26.2. The molecule has 2 unspecified atom stereocenters. The summed E-state index contributed by atoms with van der Waals surface area (Å²) in [5.74, 6) is -5.02. The van der Waals surface area contributed by atoms with Gasteiger partial charge < -0.3 is 51.0 Å². The molecule has 3 amide bonds. The van der Waals surface area contributed by atoms with Crippen molar-refractivity contribution in [2.75, 3.05) is 6.61 Å². The molecule has 1 rings (SSSR count). The Hall–Kier alpha value is -2.85. The van der Waals surface area contributed by atoms with Crippen molar-refractivity contribution in [1.29, 1.82) is 0 Å². The van der Waals surface area contributed by atoms with Gasteiger partial charge in [0.05, 0.1) is 6.61 Å². The van der Waals surface area contributed by atoms with Crippen molar-refractivity contribution >= 4 is 29.7 Å². The van der Waals surface area contributed by atoms with Crippen molar-refractivity contribution in [2.45, 2.75) is 82.4 Å². The summed E-state index contributed by atoms with van der Waals surface area (Å²) in [6.45, 7) is 2.98. The number of amides is 3. The molecule has 15 heteroatoms. The summed E-state index contributed by atoms with van der Waals surface area (Å²) in [5, 5.41) is 54.4. The van der Waals surface area contributed by atoms with Crippen LogP contribution in [-0.4, -0.2) is 111 Å². The molecule has 0 aromatic rings. The Labute approximate surface area is 194 Å². The summed E-state index contributed by atoms with van der Waals surface area (Å²) in [7, 11) is 0. The van der Waals surface area contributed by atoms with Gasteiger partial charge in [-0.1, -0.05) is 0 Å². The molecule has 1 fully saturated rings. The number of carboxylic acid groups (broad SMARTS) is 2. The first-order valence-electron chi connectivity index (χ1n) is 10.4. The van der Waals surface area contributed by atoms with Crippen LogP contribution >= 0.6 is 0 Å². The predicted molar refractivity (Wildman–Crippen MR) is 110 cm³/mol. The monoisotopic (exact) mass is 493 g/mol. The van der Waals surface area contributed by atoms with E-state index in [2.05, 4.69) is 16.0 Å². The van der Waals surface area contributed by atoms with Gasteiger partial charge in [0.1, 0.15) is 42.5 Å². The molecule has 1 aliphatic rings. The van der Waals surface area contributed by atoms with Crippen LogP contribution < -0.4 is 16.0 Å². The molecule has 8 atom stereocenters. The number of aliphatic carboxylic acids is 2. The Balaban J connectivity index is 2.80. The van der Waals surface area contributed by atoms with E-state index in [0.29, 0.717) is 0 Å². The normalized spacial score (nSPS) is 27.1. The van der Waals surface area contributed by atoms with Crippen LogP contribution in [0.2, 0.25) is 0 Å². The van der Waals surface area contributed by atoms with Gasteiger partial charge in [-0.3, -0.25) is 19.2 Å². The van der Waals surface area contributed by atoms with Gasteiger partial charge in [0.25, 0.3) is 0 Å². The minimum atomic E-state index is -1.66. The van der Waals surface area contributed by atoms with E-state index in [9.17, 15) is 39.3 Å². The first-order chi connectivity index (χ1) is 15.8. The van der Waals surface area contributed by atoms with Crippen LogP contribution in [0.5, 0.6) is 0 Å². The lowest BCUT2D eigenvalue weighted by Gasteiger charge is -2.43. The van der Waals surface area contributed by atoms with Crippen LogP contribution in [-0.2, 0) is 33.4 Å². The van der Waals surface area contributed by atoms with Gasteiger partial charge in [0, 0.05) is 13.3 Å². The van der Waals surface area contributed by atoms with E-state index in [1.54, 1.807) is 0 Å². The van der Waals surface area contributed by atoms with Crippen molar-refractivity contribution in [3.63, 3.8) is 0 Å². The number of carbonyl (C=O) groups is 5. The quantitative estimate of drug-likeness (QED) is 0.131. The first kappa shape index (κ1) is 29.2. The first-order valence-corrected chi connectivity index (χ1v) is 10.4. The lowest BCUT2D eigenvalue weighted by molar-refractivity contribution is -0.266. The molecule has 194 valence electrons. The molecule has 8 N–H and O–H groups in total. The molecule has 0 aliphatic carbocycles. The molecule has 15 nitrogen and oxygen atoms in total. The van der Waals surface area contributed by atoms with Crippen LogP contribution in [0.4, 0.5) is 0 Å². The fraction of sp³-hybridized carbons (Fsp3) is 0.737. The molecule has 0 bridgehead atoms. The van der Waals surface area contributed by atoms with Crippen molar-refractivity contribution in [1.82, 2.24) is 16.0 Å². The molecular formula is C19H31N3O12. The third-order valence-electron chi connectivity index (χ3n) is 4.99. The average Bonchev–Trinajstić information content (AvgIpc) is 2.74. The van der Waals surface area contributed by atoms with Gasteiger partial charge in [0.15, 0.2) is 6.29 Å². The van der Waals surface area contributed by atoms with E-state index in [0.717, 1.165) is 6.92 Å². The molecule has 34 heavy (non-hydrogen) atoms. The third-order valence-corrected chi connectivity index (χ3v) is 4.99. The third kappa shape index (κ3) is 8.49. The summed E-state index contributed by atoms with van der Waals surface area (Å²) in [6, 6.07) is -4.01. The smallest absolute Gasteiger partial charge is 0.326 e. The molecule has 0 aromatic carbocycles. The lowest BCUT2D eigenvalue weighted by Crippen LogP contribution is -2.65. The van der Waals surface area contributed by atoms with Crippen LogP contribution in [0.3, 0.4) is 0 Å². The van der Waals surface area contributed by atoms with E-state index in [1.807, 2.05) is 0 Å². The molecule has 1 heterocycles. The molecule has 1 saturated heterocycles. The van der Waals surface area contributed by atoms with Crippen molar-refractivity contribution in [3.05, 3.63) is 0 Å². The average molecular weight is 493 g/mol. The van der Waals surface area contributed by atoms with Crippen molar-refractivity contribution in [2.24, 2.45) is 0 Å². The van der Waals surface area contributed by atoms with E-state index in [4.69, 9.17) is 19.7 Å². The molecule has 0 aromatic heterocycles. The van der Waals surface area contributed by atoms with Crippen molar-refractivity contribution < 1.29 is 59.0 Å². The van der Waals surface area contributed by atoms with E-state index < -0.39 is 91.5 Å². The van der Waals surface area contributed by atoms with Crippen LogP contribution in [0, 0.1) is 0 Å². The topological polar surface area (TPSA) is 241 Å². The second kappa shape index (κ2) is 13.1. The number of hydrogen-bond donors (Lipinski definition) is 8. The Kier molecular flexibility index (Phi) is 11.3. The number of rotatable bonds is 12. The highest BCUT2D eigenvalue weighted by Crippen LogP contribution is 2.23. The predicted octanol–water partition coefficient (Wildman–Crippen LogP) is -3.73. The zero-order valence-corrected chi connectivity index (χ0v) is 18.8. The molecule has 1 aliphatic heterocycles. The van der Waals surface area contributed by atoms with Gasteiger partial charge in [-0.25, -0.2) is 4.79 Å². The largest absolute Gasteiger partial charge is 0.481 e. The zero-order valence-electron chi connectivity index (χ0n) is 18.8. The SMILES string of the molecule is CC(=O)N[C@H]1C(O)O[C@H](CO)[C@@H](O)[C@@H]1OC(C)C(=O)N[C@@H](C)C(=O)N[C@H](CCC(=O)O)C(=O)O. The molecule has 0 radical (unpaired) electrons. The van der Waals surface area contributed by atoms with Crippen LogP contribution in [0.1, 0.15) is 33.6 Å². The Morgan fingerprint density at radius 3 is 2.15 bits per heavy atom. The number of hydrogen-bond acceptors (Lipinski definition) is 10. The number of carboxylic acids is 2. The fourth-order valence-electron chi connectivity index (χ4n) is 3.15. The Morgan fingerprint density at radius 1 is 1.03 bits per heavy atom. The highest BCUT2D eigenvalue weighted by Gasteiger charge is 2.47. The highest BCUT2D eigenvalue weighted by atomic mass is 16.6. The van der Waals surface area contributed by atoms with Crippen LogP contribution in [0.25, 0.3) is 0 Å². The summed E-state index contributed by atoms with van der Waals surface area (Å²) in [6.07, 6.45) is -8.02. The number of ether oxygens (including phenoxy) is 2. The van der Waals surface area contributed by atoms with Gasteiger partial charge in [-0.15, -0.1) is 0 Å². The Morgan fingerprint density at radius 2 is 1.65 bits per heavy atom. The summed E-state index contributed by atoms with van der Waals surface area (Å²) >= 11 is 0. The van der Waals surface area contributed by atoms with Gasteiger partial charge in [0.2, 0.25) is 17.7 Å². The number of aliphatic hydroxyl groups excluding tert-OH is 3. The van der Waals surface area contributed by atoms with Gasteiger partial charge >= 0.3 is 11.9 Å². The van der Waals surface area contributed by atoms with E-state index in [-0.39, 0.29) is 6.42 Å². The number of nitrogens with one attached hydrogen (secondary N) is 3. The lowest BCUT2D eigenvalue weighted by atomic mass is 9.96. The number of carbonyl (C=O) groups excluding carboxylic acids is 3. The van der Waals surface area contributed by atoms with Gasteiger partial charge in [-0.05, 0) is 20.3 Å². The highest BCUT2D eigenvalue weighted by molar-refractivity contribution is 5.91. The maximum atomic E-state index is 12.5. The summed E-state index contributed by atoms with van der Waals surface area (Å²) < 4.78 is 10.6. The summed E-state index contributed by atoms with van der Waals surface area (Å²) in [4.78, 5) is 58.1. The fourth-order valence-corrected chi connectivity index (χ4v) is 3.15. The maximum absolute atomic E-state index is 12.5.